The van der Waals surface area contributed by atoms with Crippen LogP contribution in [0.5, 0.6) is 0 Å². The van der Waals surface area contributed by atoms with Crippen molar-refractivity contribution < 1.29 is 13.2 Å². The molecule has 1 amide bonds. The first-order chi connectivity index (χ1) is 12.6. The SMILES string of the molecule is Cc1cc(C)n(CCC(=O)NCc2ccc(CS(=O)(=O)NC(C)C)cc2)n1. The van der Waals surface area contributed by atoms with Crippen LogP contribution in [0.1, 0.15) is 42.8 Å². The standard InChI is InChI=1S/C19H28N4O3S/c1-14(2)22-27(25,26)13-18-7-5-17(6-8-18)12-20-19(24)9-10-23-16(4)11-15(3)21-23/h5-8,11,14,22H,9-10,12-13H2,1-4H3,(H,20,24). The van der Waals surface area contributed by atoms with E-state index in [0.717, 1.165) is 17.0 Å². The smallest absolute Gasteiger partial charge is 0.222 e. The number of aromatic nitrogens is 2. The molecule has 8 heteroatoms. The van der Waals surface area contributed by atoms with Crippen LogP contribution in [-0.2, 0) is 33.7 Å². The molecule has 0 saturated heterocycles. The molecule has 2 N–H and O–H groups in total. The monoisotopic (exact) mass is 392 g/mol. The topological polar surface area (TPSA) is 93.1 Å². The number of nitrogens with one attached hydrogen (secondary N) is 2. The fraction of sp³-hybridized carbons (Fsp3) is 0.474. The van der Waals surface area contributed by atoms with Crippen LogP contribution in [0.3, 0.4) is 0 Å². The van der Waals surface area contributed by atoms with Gasteiger partial charge in [-0.1, -0.05) is 24.3 Å². The van der Waals surface area contributed by atoms with Crippen molar-refractivity contribution in [2.45, 2.75) is 59.0 Å². The van der Waals surface area contributed by atoms with Crippen molar-refractivity contribution in [3.8, 4) is 0 Å². The predicted molar refractivity (Wildman–Crippen MR) is 106 cm³/mol. The summed E-state index contributed by atoms with van der Waals surface area (Å²) in [4.78, 5) is 12.0. The second-order valence-electron chi connectivity index (χ2n) is 7.03. The van der Waals surface area contributed by atoms with Crippen molar-refractivity contribution in [1.82, 2.24) is 19.8 Å². The van der Waals surface area contributed by atoms with E-state index in [-0.39, 0.29) is 17.7 Å². The molecule has 0 aliphatic heterocycles. The molecule has 0 aliphatic rings. The number of benzene rings is 1. The van der Waals surface area contributed by atoms with Gasteiger partial charge in [-0.15, -0.1) is 0 Å². The third kappa shape index (κ3) is 7.15. The van der Waals surface area contributed by atoms with Crippen molar-refractivity contribution in [3.63, 3.8) is 0 Å². The number of carbonyl (C=O) groups excluding carboxylic acids is 1. The largest absolute Gasteiger partial charge is 0.352 e. The number of hydrogen-bond donors (Lipinski definition) is 2. The normalized spacial score (nSPS) is 11.7. The molecule has 0 aliphatic carbocycles. The van der Waals surface area contributed by atoms with Gasteiger partial charge in [0.05, 0.1) is 11.4 Å². The van der Waals surface area contributed by atoms with Gasteiger partial charge in [-0.25, -0.2) is 13.1 Å². The Kier molecular flexibility index (Phi) is 7.15. The van der Waals surface area contributed by atoms with Crippen molar-refractivity contribution in [3.05, 3.63) is 52.8 Å². The van der Waals surface area contributed by atoms with E-state index in [0.29, 0.717) is 25.1 Å². The fourth-order valence-electron chi connectivity index (χ4n) is 2.77. The molecule has 148 valence electrons. The number of nitrogens with zero attached hydrogens (tertiary/aromatic N) is 2. The Morgan fingerprint density at radius 3 is 2.33 bits per heavy atom. The summed E-state index contributed by atoms with van der Waals surface area (Å²) in [5.74, 6) is -0.101. The molecule has 0 radical (unpaired) electrons. The maximum Gasteiger partial charge on any atom is 0.222 e. The van der Waals surface area contributed by atoms with Gasteiger partial charge in [0.1, 0.15) is 0 Å². The Morgan fingerprint density at radius 2 is 1.78 bits per heavy atom. The zero-order valence-electron chi connectivity index (χ0n) is 16.3. The molecule has 2 aromatic rings. The molecular weight excluding hydrogens is 364 g/mol. The molecule has 0 unspecified atom stereocenters. The van der Waals surface area contributed by atoms with Gasteiger partial charge in [-0.05, 0) is 44.9 Å². The average Bonchev–Trinajstić information content (AvgIpc) is 2.88. The lowest BCUT2D eigenvalue weighted by atomic mass is 10.1. The van der Waals surface area contributed by atoms with Crippen molar-refractivity contribution in [2.75, 3.05) is 0 Å². The first kappa shape index (κ1) is 21.1. The van der Waals surface area contributed by atoms with Crippen LogP contribution in [-0.4, -0.2) is 30.1 Å². The Morgan fingerprint density at radius 1 is 1.15 bits per heavy atom. The molecule has 27 heavy (non-hydrogen) atoms. The molecule has 7 nitrogen and oxygen atoms in total. The molecule has 1 heterocycles. The lowest BCUT2D eigenvalue weighted by Crippen LogP contribution is -2.31. The summed E-state index contributed by atoms with van der Waals surface area (Å²) in [6.45, 7) is 8.43. The minimum Gasteiger partial charge on any atom is -0.352 e. The van der Waals surface area contributed by atoms with Crippen molar-refractivity contribution in [2.24, 2.45) is 0 Å². The highest BCUT2D eigenvalue weighted by Gasteiger charge is 2.13. The molecule has 0 fully saturated rings. The van der Waals surface area contributed by atoms with Gasteiger partial charge in [0.15, 0.2) is 0 Å². The highest BCUT2D eigenvalue weighted by atomic mass is 32.2. The third-order valence-electron chi connectivity index (χ3n) is 3.94. The number of amides is 1. The molecule has 0 bridgehead atoms. The molecule has 0 saturated carbocycles. The summed E-state index contributed by atoms with van der Waals surface area (Å²) >= 11 is 0. The lowest BCUT2D eigenvalue weighted by Gasteiger charge is -2.10. The average molecular weight is 393 g/mol. The molecule has 1 aromatic carbocycles. The maximum absolute atomic E-state index is 12.0. The maximum atomic E-state index is 12.0. The summed E-state index contributed by atoms with van der Waals surface area (Å²) in [7, 11) is -3.34. The van der Waals surface area contributed by atoms with Crippen LogP contribution in [0.4, 0.5) is 0 Å². The summed E-state index contributed by atoms with van der Waals surface area (Å²) in [6, 6.07) is 9.08. The van der Waals surface area contributed by atoms with Crippen LogP contribution >= 0.6 is 0 Å². The van der Waals surface area contributed by atoms with Crippen LogP contribution in [0.25, 0.3) is 0 Å². The minimum atomic E-state index is -3.34. The lowest BCUT2D eigenvalue weighted by molar-refractivity contribution is -0.121. The molecule has 0 atom stereocenters. The summed E-state index contributed by atoms with van der Waals surface area (Å²) < 4.78 is 28.3. The van der Waals surface area contributed by atoms with E-state index in [9.17, 15) is 13.2 Å². The van der Waals surface area contributed by atoms with Gasteiger partial charge in [-0.3, -0.25) is 9.48 Å². The summed E-state index contributed by atoms with van der Waals surface area (Å²) in [6.07, 6.45) is 0.360. The number of aryl methyl sites for hydroxylation is 3. The zero-order valence-corrected chi connectivity index (χ0v) is 17.1. The van der Waals surface area contributed by atoms with Crippen LogP contribution in [0.15, 0.2) is 30.3 Å². The quantitative estimate of drug-likeness (QED) is 0.683. The first-order valence-electron chi connectivity index (χ1n) is 9.00. The van der Waals surface area contributed by atoms with Gasteiger partial charge < -0.3 is 5.32 Å². The second kappa shape index (κ2) is 9.14. The van der Waals surface area contributed by atoms with E-state index in [4.69, 9.17) is 0 Å². The Balaban J connectivity index is 1.80. The van der Waals surface area contributed by atoms with Gasteiger partial charge in [-0.2, -0.15) is 5.10 Å². The second-order valence-corrected chi connectivity index (χ2v) is 8.78. The van der Waals surface area contributed by atoms with E-state index in [1.165, 1.54) is 0 Å². The first-order valence-corrected chi connectivity index (χ1v) is 10.7. The van der Waals surface area contributed by atoms with Crippen LogP contribution in [0.2, 0.25) is 0 Å². The number of sulfonamides is 1. The van der Waals surface area contributed by atoms with Crippen LogP contribution < -0.4 is 10.0 Å². The third-order valence-corrected chi connectivity index (χ3v) is 5.48. The number of rotatable bonds is 9. The Hall–Kier alpha value is -2.19. The summed E-state index contributed by atoms with van der Waals surface area (Å²) in [5.41, 5.74) is 3.62. The minimum absolute atomic E-state index is 0.0460. The van der Waals surface area contributed by atoms with Crippen LogP contribution in [0, 0.1) is 13.8 Å². The highest BCUT2D eigenvalue weighted by Crippen LogP contribution is 2.09. The number of carbonyl (C=O) groups is 1. The van der Waals surface area contributed by atoms with Crippen molar-refractivity contribution in [1.29, 1.82) is 0 Å². The van der Waals surface area contributed by atoms with Gasteiger partial charge >= 0.3 is 0 Å². The van der Waals surface area contributed by atoms with Gasteiger partial charge in [0.25, 0.3) is 0 Å². The summed E-state index contributed by atoms with van der Waals surface area (Å²) in [5, 5.41) is 7.22. The van der Waals surface area contributed by atoms with E-state index >= 15 is 0 Å². The van der Waals surface area contributed by atoms with E-state index in [2.05, 4.69) is 15.1 Å². The fourth-order valence-corrected chi connectivity index (χ4v) is 4.20. The Labute approximate surface area is 161 Å². The van der Waals surface area contributed by atoms with Gasteiger partial charge in [0, 0.05) is 31.2 Å². The molecular formula is C19H28N4O3S. The van der Waals surface area contributed by atoms with E-state index in [1.54, 1.807) is 26.0 Å². The highest BCUT2D eigenvalue weighted by molar-refractivity contribution is 7.88. The van der Waals surface area contributed by atoms with E-state index < -0.39 is 10.0 Å². The Bertz CT molecular complexity index is 871. The molecule has 2 rings (SSSR count). The zero-order chi connectivity index (χ0) is 20.0. The molecule has 0 spiro atoms. The predicted octanol–water partition coefficient (Wildman–Crippen LogP) is 2.03. The molecule has 1 aromatic heterocycles. The number of hydrogen-bond acceptors (Lipinski definition) is 4. The van der Waals surface area contributed by atoms with Gasteiger partial charge in [0.2, 0.25) is 15.9 Å². The van der Waals surface area contributed by atoms with E-state index in [1.807, 2.05) is 36.7 Å². The van der Waals surface area contributed by atoms with Crippen molar-refractivity contribution >= 4 is 15.9 Å².